The molecule has 0 radical (unpaired) electrons. The van der Waals surface area contributed by atoms with Gasteiger partial charge in [0.25, 0.3) is 0 Å². The monoisotopic (exact) mass is 412 g/mol. The quantitative estimate of drug-likeness (QED) is 0.392. The first-order valence-electron chi connectivity index (χ1n) is 9.61. The van der Waals surface area contributed by atoms with E-state index in [1.165, 1.54) is 19.2 Å². The van der Waals surface area contributed by atoms with Crippen LogP contribution in [0, 0.1) is 19.7 Å². The number of allylic oxidation sites excluding steroid dienone is 1. The van der Waals surface area contributed by atoms with E-state index < -0.39 is 11.8 Å². The van der Waals surface area contributed by atoms with E-state index in [1.807, 2.05) is 13.8 Å². The largest absolute Gasteiger partial charge is 0.343 e. The van der Waals surface area contributed by atoms with Crippen LogP contribution in [0.5, 0.6) is 0 Å². The third-order valence-electron chi connectivity index (χ3n) is 5.96. The fourth-order valence-corrected chi connectivity index (χ4v) is 4.55. The molecule has 0 spiro atoms. The van der Waals surface area contributed by atoms with Gasteiger partial charge in [-0.1, -0.05) is 24.3 Å². The van der Waals surface area contributed by atoms with Gasteiger partial charge in [-0.15, -0.1) is 0 Å². The number of aliphatic hydroxyl groups is 4. The minimum absolute atomic E-state index is 0.352. The number of anilines is 1. The molecule has 0 saturated carbocycles. The molecule has 4 rings (SSSR count). The number of hydrogen-bond acceptors (Lipinski definition) is 5. The van der Waals surface area contributed by atoms with Gasteiger partial charge in [0.2, 0.25) is 0 Å². The second-order valence-electron chi connectivity index (χ2n) is 8.18. The van der Waals surface area contributed by atoms with Gasteiger partial charge >= 0.3 is 11.8 Å². The van der Waals surface area contributed by atoms with Crippen LogP contribution in [0.15, 0.2) is 42.5 Å². The van der Waals surface area contributed by atoms with Gasteiger partial charge in [0, 0.05) is 18.1 Å². The molecule has 0 amide bonds. The van der Waals surface area contributed by atoms with Crippen molar-refractivity contribution in [3.05, 3.63) is 65.1 Å². The predicted octanol–water partition coefficient (Wildman–Crippen LogP) is 2.87. The smallest absolute Gasteiger partial charge is 0.330 e. The van der Waals surface area contributed by atoms with Gasteiger partial charge in [0.05, 0.1) is 11.2 Å². The van der Waals surface area contributed by atoms with E-state index in [-0.39, 0.29) is 5.82 Å². The van der Waals surface area contributed by atoms with Gasteiger partial charge in [-0.3, -0.25) is 4.57 Å². The fraction of sp³-hybridized carbons (Fsp3) is 0.304. The van der Waals surface area contributed by atoms with Crippen molar-refractivity contribution < 1.29 is 24.8 Å². The van der Waals surface area contributed by atoms with E-state index in [0.29, 0.717) is 28.7 Å². The van der Waals surface area contributed by atoms with Crippen LogP contribution < -0.4 is 4.90 Å². The zero-order valence-electron chi connectivity index (χ0n) is 17.4. The molecule has 0 saturated heterocycles. The van der Waals surface area contributed by atoms with E-state index in [0.717, 1.165) is 37.3 Å². The van der Waals surface area contributed by atoms with E-state index in [4.69, 9.17) is 0 Å². The summed E-state index contributed by atoms with van der Waals surface area (Å²) in [6, 6.07) is 7.90. The molecule has 0 fully saturated rings. The molecule has 2 aromatic carbocycles. The highest BCUT2D eigenvalue weighted by Crippen LogP contribution is 2.50. The Labute approximate surface area is 173 Å². The van der Waals surface area contributed by atoms with Crippen LogP contribution in [-0.4, -0.2) is 38.0 Å². The second kappa shape index (κ2) is 6.39. The molecule has 1 aliphatic heterocycles. The highest BCUT2D eigenvalue weighted by atomic mass is 19.1. The van der Waals surface area contributed by atoms with Gasteiger partial charge in [-0.05, 0) is 67.6 Å². The van der Waals surface area contributed by atoms with Crippen LogP contribution >= 0.6 is 0 Å². The topological polar surface area (TPSA) is 89.1 Å². The average Bonchev–Trinajstić information content (AvgIpc) is 2.98. The van der Waals surface area contributed by atoms with Gasteiger partial charge in [0.1, 0.15) is 5.82 Å². The molecule has 158 valence electrons. The molecule has 0 bridgehead atoms. The Hall–Kier alpha value is -2.71. The molecule has 4 N–H and O–H groups in total. The normalized spacial score (nSPS) is 16.9. The van der Waals surface area contributed by atoms with Gasteiger partial charge in [0.15, 0.2) is 0 Å². The molecule has 1 aliphatic rings. The van der Waals surface area contributed by atoms with E-state index in [1.54, 1.807) is 25.1 Å². The Morgan fingerprint density at radius 2 is 1.67 bits per heavy atom. The minimum atomic E-state index is -2.98. The molecule has 1 aromatic heterocycles. The van der Waals surface area contributed by atoms with Gasteiger partial charge in [-0.2, -0.15) is 0 Å². The Balaban J connectivity index is 2.22. The molecular weight excluding hydrogens is 387 g/mol. The third-order valence-corrected chi connectivity index (χ3v) is 5.96. The molecule has 0 unspecified atom stereocenters. The summed E-state index contributed by atoms with van der Waals surface area (Å²) in [4.78, 5) is 1.07. The molecule has 2 heterocycles. The summed E-state index contributed by atoms with van der Waals surface area (Å²) in [5.74, 6) is -6.29. The van der Waals surface area contributed by atoms with Crippen molar-refractivity contribution in [2.45, 2.75) is 39.0 Å². The highest BCUT2D eigenvalue weighted by Gasteiger charge is 2.58. The van der Waals surface area contributed by atoms with Crippen LogP contribution in [0.3, 0.4) is 0 Å². The summed E-state index contributed by atoms with van der Waals surface area (Å²) in [5, 5.41) is 43.4. The maximum atomic E-state index is 13.6. The lowest BCUT2D eigenvalue weighted by molar-refractivity contribution is -0.400. The lowest BCUT2D eigenvalue weighted by Crippen LogP contribution is -2.67. The maximum absolute atomic E-state index is 13.6. The summed E-state index contributed by atoms with van der Waals surface area (Å²) in [6.45, 7) is 9.44. The summed E-state index contributed by atoms with van der Waals surface area (Å²) in [6.07, 6.45) is 0.521. The summed E-state index contributed by atoms with van der Waals surface area (Å²) in [5.41, 5.74) is 5.52. The zero-order chi connectivity index (χ0) is 22.2. The molecule has 6 nitrogen and oxygen atoms in total. The highest BCUT2D eigenvalue weighted by molar-refractivity contribution is 6.07. The number of benzene rings is 2. The first-order chi connectivity index (χ1) is 13.9. The zero-order valence-corrected chi connectivity index (χ0v) is 17.4. The van der Waals surface area contributed by atoms with Crippen molar-refractivity contribution in [3.8, 4) is 11.1 Å². The number of halogens is 1. The van der Waals surface area contributed by atoms with Crippen LogP contribution in [0.2, 0.25) is 0 Å². The SMILES string of the molecule is C=C(C)Cc1c(C)c2c3c(cc(C)n3C(O)(O)C(O)(O)N2C)c1-c1ccc(F)cc1. The van der Waals surface area contributed by atoms with Crippen molar-refractivity contribution in [1.29, 1.82) is 0 Å². The Morgan fingerprint density at radius 1 is 1.07 bits per heavy atom. The predicted molar refractivity (Wildman–Crippen MR) is 113 cm³/mol. The summed E-state index contributed by atoms with van der Waals surface area (Å²) in [7, 11) is 1.40. The van der Waals surface area contributed by atoms with E-state index in [9.17, 15) is 24.8 Å². The molecule has 0 atom stereocenters. The Morgan fingerprint density at radius 3 is 2.23 bits per heavy atom. The first-order valence-corrected chi connectivity index (χ1v) is 9.61. The van der Waals surface area contributed by atoms with Crippen LogP contribution in [0.25, 0.3) is 22.0 Å². The Kier molecular flexibility index (Phi) is 4.38. The standard InChI is InChI=1S/C23H25FN2O4/c1-12(2)10-17-14(4)20-21-18(19(17)15-6-8-16(24)9-7-15)11-13(3)26(21)23(29,30)22(27,28)25(20)5/h6-9,11,27-30H,1,10H2,2-5H3. The second-order valence-corrected chi connectivity index (χ2v) is 8.18. The molecule has 3 aromatic rings. The Bertz CT molecular complexity index is 1190. The number of rotatable bonds is 3. The number of aryl methyl sites for hydroxylation is 1. The average molecular weight is 412 g/mol. The third kappa shape index (κ3) is 2.56. The van der Waals surface area contributed by atoms with Crippen molar-refractivity contribution in [2.24, 2.45) is 0 Å². The lowest BCUT2D eigenvalue weighted by atomic mass is 9.87. The number of nitrogens with zero attached hydrogens (tertiary/aromatic N) is 2. The van der Waals surface area contributed by atoms with E-state index >= 15 is 0 Å². The summed E-state index contributed by atoms with van der Waals surface area (Å²) < 4.78 is 14.7. The van der Waals surface area contributed by atoms with Crippen molar-refractivity contribution in [3.63, 3.8) is 0 Å². The van der Waals surface area contributed by atoms with Crippen LogP contribution in [0.1, 0.15) is 23.7 Å². The molecule has 7 heteroatoms. The molecule has 30 heavy (non-hydrogen) atoms. The molecule has 0 aliphatic carbocycles. The van der Waals surface area contributed by atoms with Crippen molar-refractivity contribution >= 4 is 16.6 Å². The number of hydrogen-bond donors (Lipinski definition) is 4. The fourth-order valence-electron chi connectivity index (χ4n) is 4.55. The van der Waals surface area contributed by atoms with Crippen LogP contribution in [-0.2, 0) is 12.3 Å². The molecular formula is C23H25FN2O4. The first kappa shape index (κ1) is 20.6. The summed E-state index contributed by atoms with van der Waals surface area (Å²) >= 11 is 0. The minimum Gasteiger partial charge on any atom is -0.343 e. The van der Waals surface area contributed by atoms with Gasteiger partial charge in [-0.25, -0.2) is 4.39 Å². The van der Waals surface area contributed by atoms with Crippen molar-refractivity contribution in [2.75, 3.05) is 11.9 Å². The van der Waals surface area contributed by atoms with Crippen molar-refractivity contribution in [1.82, 2.24) is 4.57 Å². The number of likely N-dealkylation sites (N-methyl/N-ethyl adjacent to an activating group) is 1. The van der Waals surface area contributed by atoms with E-state index in [2.05, 4.69) is 6.58 Å². The maximum Gasteiger partial charge on any atom is 0.330 e. The van der Waals surface area contributed by atoms with Gasteiger partial charge < -0.3 is 25.3 Å². The van der Waals surface area contributed by atoms with Crippen LogP contribution in [0.4, 0.5) is 10.1 Å². The number of aromatic nitrogens is 1. The lowest BCUT2D eigenvalue weighted by Gasteiger charge is -2.47.